The third-order valence-electron chi connectivity index (χ3n) is 6.75. The lowest BCUT2D eigenvalue weighted by Crippen LogP contribution is -2.51. The molecule has 0 radical (unpaired) electrons. The van der Waals surface area contributed by atoms with Gasteiger partial charge in [-0.15, -0.1) is 0 Å². The maximum Gasteiger partial charge on any atom is 0.344 e. The van der Waals surface area contributed by atoms with Crippen molar-refractivity contribution in [2.24, 2.45) is 0 Å². The van der Waals surface area contributed by atoms with Crippen LogP contribution in [0.3, 0.4) is 0 Å². The van der Waals surface area contributed by atoms with E-state index in [1.807, 2.05) is 18.2 Å². The van der Waals surface area contributed by atoms with E-state index >= 15 is 0 Å². The molecule has 33 heavy (non-hydrogen) atoms. The summed E-state index contributed by atoms with van der Waals surface area (Å²) in [4.78, 5) is 15.1. The second-order valence-corrected chi connectivity index (χ2v) is 9.49. The number of aliphatic hydroxyl groups is 1. The molecule has 0 bridgehead atoms. The van der Waals surface area contributed by atoms with Crippen molar-refractivity contribution >= 4 is 29.2 Å². The van der Waals surface area contributed by atoms with Crippen molar-refractivity contribution in [1.82, 2.24) is 4.90 Å². The van der Waals surface area contributed by atoms with Gasteiger partial charge in [-0.1, -0.05) is 34.9 Å². The number of esters is 1. The number of benzene rings is 2. The van der Waals surface area contributed by atoms with Crippen LogP contribution in [0, 0.1) is 0 Å². The van der Waals surface area contributed by atoms with E-state index in [1.165, 1.54) is 5.57 Å². The normalized spacial score (nSPS) is 26.9. The van der Waals surface area contributed by atoms with Crippen molar-refractivity contribution in [2.75, 3.05) is 19.9 Å². The quantitative estimate of drug-likeness (QED) is 0.518. The maximum atomic E-state index is 12.8. The van der Waals surface area contributed by atoms with Crippen LogP contribution in [0.5, 0.6) is 17.2 Å². The molecule has 4 aliphatic rings. The maximum absolute atomic E-state index is 12.8. The van der Waals surface area contributed by atoms with Gasteiger partial charge in [0.15, 0.2) is 18.1 Å². The molecule has 1 N–H and O–H groups in total. The lowest BCUT2D eigenvalue weighted by atomic mass is 9.73. The van der Waals surface area contributed by atoms with Gasteiger partial charge in [0.25, 0.3) is 0 Å². The Morgan fingerprint density at radius 2 is 2.00 bits per heavy atom. The molecule has 3 heterocycles. The van der Waals surface area contributed by atoms with Gasteiger partial charge in [0.1, 0.15) is 18.0 Å². The van der Waals surface area contributed by atoms with E-state index in [0.717, 1.165) is 36.4 Å². The fourth-order valence-corrected chi connectivity index (χ4v) is 5.85. The molecule has 4 unspecified atom stereocenters. The molecular weight excluding hydrogens is 469 g/mol. The third kappa shape index (κ3) is 3.64. The Kier molecular flexibility index (Phi) is 5.18. The minimum absolute atomic E-state index is 0.0747. The average molecular weight is 490 g/mol. The number of carbonyl (C=O) groups is 1. The summed E-state index contributed by atoms with van der Waals surface area (Å²) in [5, 5.41) is 11.7. The summed E-state index contributed by atoms with van der Waals surface area (Å²) in [5.41, 5.74) is 3.31. The standard InChI is InChI=1S/C24H21Cl2NO6/c25-14-1-2-18(16(26)7-14)30-10-21(29)33-24-17(28)5-12-3-4-27-9-13-6-19-20(32-11-31-19)8-15(13)22(24)23(12)27/h1-2,5-8,17,22-24,28H,3-4,9-11H2. The van der Waals surface area contributed by atoms with Crippen LogP contribution in [0.25, 0.3) is 0 Å². The van der Waals surface area contributed by atoms with Crippen molar-refractivity contribution in [3.8, 4) is 17.2 Å². The molecule has 9 heteroatoms. The second kappa shape index (κ2) is 8.09. The van der Waals surface area contributed by atoms with Gasteiger partial charge in [-0.2, -0.15) is 0 Å². The first-order valence-corrected chi connectivity index (χ1v) is 11.6. The van der Waals surface area contributed by atoms with Gasteiger partial charge in [-0.25, -0.2) is 4.79 Å². The van der Waals surface area contributed by atoms with Gasteiger partial charge in [0, 0.05) is 30.1 Å². The zero-order chi connectivity index (χ0) is 22.7. The van der Waals surface area contributed by atoms with Gasteiger partial charge >= 0.3 is 5.97 Å². The van der Waals surface area contributed by atoms with Crippen LogP contribution in [0.1, 0.15) is 23.5 Å². The Morgan fingerprint density at radius 1 is 1.18 bits per heavy atom. The molecule has 0 spiro atoms. The largest absolute Gasteiger partial charge is 0.480 e. The van der Waals surface area contributed by atoms with Crippen molar-refractivity contribution in [1.29, 1.82) is 0 Å². The minimum atomic E-state index is -0.916. The summed E-state index contributed by atoms with van der Waals surface area (Å²) in [6, 6.07) is 8.81. The number of rotatable bonds is 4. The minimum Gasteiger partial charge on any atom is -0.480 e. The number of hydrogen-bond donors (Lipinski definition) is 1. The molecule has 3 aliphatic heterocycles. The van der Waals surface area contributed by atoms with E-state index in [0.29, 0.717) is 21.5 Å². The zero-order valence-corrected chi connectivity index (χ0v) is 19.0. The van der Waals surface area contributed by atoms with E-state index in [-0.39, 0.29) is 25.4 Å². The van der Waals surface area contributed by atoms with Gasteiger partial charge in [0.05, 0.1) is 5.02 Å². The first-order valence-electron chi connectivity index (χ1n) is 10.8. The highest BCUT2D eigenvalue weighted by molar-refractivity contribution is 6.35. The summed E-state index contributed by atoms with van der Waals surface area (Å²) in [6.45, 7) is 1.52. The van der Waals surface area contributed by atoms with E-state index in [4.69, 9.17) is 42.1 Å². The number of hydrogen-bond acceptors (Lipinski definition) is 7. The first-order chi connectivity index (χ1) is 16.0. The number of halogens is 2. The molecular formula is C24H21Cl2NO6. The fourth-order valence-electron chi connectivity index (χ4n) is 5.39. The highest BCUT2D eigenvalue weighted by Gasteiger charge is 2.50. The van der Waals surface area contributed by atoms with Crippen molar-refractivity contribution in [3.05, 3.63) is 63.2 Å². The lowest BCUT2D eigenvalue weighted by molar-refractivity contribution is -0.159. The van der Waals surface area contributed by atoms with Crippen LogP contribution in [0.15, 0.2) is 42.0 Å². The molecule has 6 rings (SSSR count). The van der Waals surface area contributed by atoms with E-state index in [2.05, 4.69) is 4.90 Å². The number of fused-ring (bicyclic) bond motifs is 3. The summed E-state index contributed by atoms with van der Waals surface area (Å²) in [6.07, 6.45) is 1.06. The Labute approximate surface area is 200 Å². The predicted molar refractivity (Wildman–Crippen MR) is 120 cm³/mol. The Hall–Kier alpha value is -2.45. The Balaban J connectivity index is 1.27. The Bertz CT molecular complexity index is 1170. The molecule has 1 fully saturated rings. The van der Waals surface area contributed by atoms with E-state index in [9.17, 15) is 9.90 Å². The zero-order valence-electron chi connectivity index (χ0n) is 17.5. The van der Waals surface area contributed by atoms with Gasteiger partial charge in [0.2, 0.25) is 6.79 Å². The lowest BCUT2D eigenvalue weighted by Gasteiger charge is -2.45. The van der Waals surface area contributed by atoms with Crippen LogP contribution >= 0.6 is 23.2 Å². The molecule has 4 atom stereocenters. The second-order valence-electron chi connectivity index (χ2n) is 8.65. The van der Waals surface area contributed by atoms with Gasteiger partial charge < -0.3 is 24.1 Å². The predicted octanol–water partition coefficient (Wildman–Crippen LogP) is 3.69. The third-order valence-corrected chi connectivity index (χ3v) is 7.28. The van der Waals surface area contributed by atoms with Crippen LogP contribution in [-0.4, -0.2) is 54.2 Å². The van der Waals surface area contributed by atoms with Gasteiger partial charge in [-0.3, -0.25) is 4.90 Å². The van der Waals surface area contributed by atoms with E-state index in [1.54, 1.807) is 18.2 Å². The Morgan fingerprint density at radius 3 is 2.82 bits per heavy atom. The van der Waals surface area contributed by atoms with E-state index < -0.39 is 18.2 Å². The topological polar surface area (TPSA) is 77.5 Å². The van der Waals surface area contributed by atoms with Crippen LogP contribution in [0.4, 0.5) is 0 Å². The fraction of sp³-hybridized carbons (Fsp3) is 0.375. The summed E-state index contributed by atoms with van der Waals surface area (Å²) >= 11 is 12.0. The summed E-state index contributed by atoms with van der Waals surface area (Å²) in [7, 11) is 0. The molecule has 1 saturated heterocycles. The highest BCUT2D eigenvalue weighted by atomic mass is 35.5. The summed E-state index contributed by atoms with van der Waals surface area (Å²) < 4.78 is 22.5. The number of aliphatic hydroxyl groups excluding tert-OH is 1. The van der Waals surface area contributed by atoms with Crippen molar-refractivity contribution < 1.29 is 28.8 Å². The van der Waals surface area contributed by atoms with Crippen LogP contribution < -0.4 is 14.2 Å². The molecule has 0 amide bonds. The van der Waals surface area contributed by atoms with Crippen molar-refractivity contribution in [2.45, 2.75) is 37.1 Å². The molecule has 2 aromatic carbocycles. The smallest absolute Gasteiger partial charge is 0.344 e. The monoisotopic (exact) mass is 489 g/mol. The highest BCUT2D eigenvalue weighted by Crippen LogP contribution is 2.50. The van der Waals surface area contributed by atoms with Gasteiger partial charge in [-0.05, 0) is 47.9 Å². The average Bonchev–Trinajstić information content (AvgIpc) is 3.40. The summed E-state index contributed by atoms with van der Waals surface area (Å²) in [5.74, 6) is 0.933. The molecule has 0 aromatic heterocycles. The molecule has 0 saturated carbocycles. The number of nitrogens with zero attached hydrogens (tertiary/aromatic N) is 1. The number of carbonyl (C=O) groups excluding carboxylic acids is 1. The molecule has 7 nitrogen and oxygen atoms in total. The van der Waals surface area contributed by atoms with Crippen molar-refractivity contribution in [3.63, 3.8) is 0 Å². The van der Waals surface area contributed by atoms with Crippen LogP contribution in [0.2, 0.25) is 10.0 Å². The molecule has 172 valence electrons. The molecule has 1 aliphatic carbocycles. The first kappa shape index (κ1) is 21.1. The number of ether oxygens (including phenoxy) is 4. The van der Waals surface area contributed by atoms with Crippen LogP contribution in [-0.2, 0) is 16.1 Å². The molecule has 2 aromatic rings. The SMILES string of the molecule is O=C(COc1ccc(Cl)cc1Cl)OC1C(O)C=C2CCN3Cc4cc5c(cc4C1C23)OCO5.